The van der Waals surface area contributed by atoms with E-state index in [0.29, 0.717) is 0 Å². The van der Waals surface area contributed by atoms with Crippen LogP contribution in [-0.2, 0) is 10.1 Å². The predicted molar refractivity (Wildman–Crippen MR) is 75.4 cm³/mol. The Labute approximate surface area is 132 Å². The molecule has 0 spiro atoms. The SMILES string of the molecule is O=S(=O)(O)c1ccc([As](I)I)cc1.[Na]. The molecule has 0 unspecified atom stereocenters. The van der Waals surface area contributed by atoms with Crippen molar-refractivity contribution in [2.24, 2.45) is 0 Å². The third-order valence-corrected chi connectivity index (χ3v) is 9.43. The predicted octanol–water partition coefficient (Wildman–Crippen LogP) is 1.12. The summed E-state index contributed by atoms with van der Waals surface area (Å²) in [5, 5.41) is 0. The molecule has 1 N–H and O–H groups in total. The Kier molecular flexibility index (Phi) is 7.82. The van der Waals surface area contributed by atoms with E-state index in [0.717, 1.165) is 0 Å². The molecule has 0 fully saturated rings. The zero-order valence-corrected chi connectivity index (χ0v) is 16.2. The van der Waals surface area contributed by atoms with Crippen LogP contribution in [0.3, 0.4) is 0 Å². The molecule has 0 heterocycles. The van der Waals surface area contributed by atoms with Crippen molar-refractivity contribution in [2.75, 3.05) is 0 Å². The monoisotopic (exact) mass is 509 g/mol. The summed E-state index contributed by atoms with van der Waals surface area (Å²) in [6.45, 7) is 0. The van der Waals surface area contributed by atoms with Crippen LogP contribution >= 0.6 is 40.3 Å². The normalized spacial score (nSPS) is 11.1. The van der Waals surface area contributed by atoms with Gasteiger partial charge in [-0.2, -0.15) is 0 Å². The Morgan fingerprint density at radius 3 is 1.86 bits per heavy atom. The van der Waals surface area contributed by atoms with Gasteiger partial charge in [0.2, 0.25) is 0 Å². The molecule has 0 aliphatic rings. The first kappa shape index (κ1) is 16.1. The van der Waals surface area contributed by atoms with Crippen LogP contribution in [0.5, 0.6) is 0 Å². The average molecular weight is 509 g/mol. The summed E-state index contributed by atoms with van der Waals surface area (Å²) in [4.78, 5) is -0.0418. The fraction of sp³-hybridized carbons (Fsp3) is 0. The third kappa shape index (κ3) is 4.99. The maximum absolute atomic E-state index is 10.7. The van der Waals surface area contributed by atoms with Gasteiger partial charge in [0.05, 0.1) is 0 Å². The van der Waals surface area contributed by atoms with Gasteiger partial charge >= 0.3 is 105 Å². The Morgan fingerprint density at radius 2 is 1.57 bits per heavy atom. The summed E-state index contributed by atoms with van der Waals surface area (Å²) in [5.41, 5.74) is 0. The maximum Gasteiger partial charge on any atom is 0 e. The van der Waals surface area contributed by atoms with Gasteiger partial charge in [-0.3, -0.25) is 0 Å². The molecule has 0 bridgehead atoms. The van der Waals surface area contributed by atoms with Crippen LogP contribution in [0.1, 0.15) is 0 Å². The molecule has 0 amide bonds. The van der Waals surface area contributed by atoms with Crippen molar-refractivity contribution in [3.05, 3.63) is 24.3 Å². The fourth-order valence-corrected chi connectivity index (χ4v) is 5.34. The van der Waals surface area contributed by atoms with E-state index in [2.05, 4.69) is 40.3 Å². The van der Waals surface area contributed by atoms with Crippen molar-refractivity contribution in [2.45, 2.75) is 4.90 Å². The van der Waals surface area contributed by atoms with Crippen LogP contribution in [0.25, 0.3) is 0 Å². The molecule has 3 nitrogen and oxygen atoms in total. The standard InChI is InChI=1S/C6H5AsI2O3S.Na/c8-7(9)5-1-3-6(4-2-5)13(10,11)12;/h1-4H,(H,10,11,12);. The Morgan fingerprint density at radius 1 is 1.14 bits per heavy atom. The van der Waals surface area contributed by atoms with Crippen molar-refractivity contribution < 1.29 is 13.0 Å². The van der Waals surface area contributed by atoms with Gasteiger partial charge in [-0.1, -0.05) is 0 Å². The summed E-state index contributed by atoms with van der Waals surface area (Å²) in [6.07, 6.45) is 0. The molecule has 0 saturated heterocycles. The molecule has 1 aromatic rings. The number of hydrogen-bond acceptors (Lipinski definition) is 2. The van der Waals surface area contributed by atoms with Gasteiger partial charge in [0, 0.05) is 29.6 Å². The molecule has 73 valence electrons. The topological polar surface area (TPSA) is 54.4 Å². The van der Waals surface area contributed by atoms with Crippen molar-refractivity contribution in [3.63, 3.8) is 0 Å². The number of rotatable bonds is 2. The minimum Gasteiger partial charge on any atom is 0 e. The van der Waals surface area contributed by atoms with Crippen molar-refractivity contribution in [1.82, 2.24) is 0 Å². The molecule has 0 atom stereocenters. The summed E-state index contributed by atoms with van der Waals surface area (Å²) in [7, 11) is -5.04. The molecule has 1 rings (SSSR count). The number of benzene rings is 1. The zero-order valence-electron chi connectivity index (χ0n) is 7.18. The molecule has 0 aromatic heterocycles. The van der Waals surface area contributed by atoms with Gasteiger partial charge in [-0.25, -0.2) is 0 Å². The first-order valence-corrected chi connectivity index (χ1v) is 16.9. The number of halogens is 2. The first-order valence-electron chi connectivity index (χ1n) is 3.10. The number of hydrogen-bond donors (Lipinski definition) is 1. The van der Waals surface area contributed by atoms with Crippen molar-refractivity contribution >= 4 is 92.2 Å². The molecule has 0 aliphatic carbocycles. The third-order valence-electron chi connectivity index (χ3n) is 1.33. The summed E-state index contributed by atoms with van der Waals surface area (Å²) < 4.78 is 31.2. The zero-order chi connectivity index (χ0) is 10.1. The Hall–Kier alpha value is 2.15. The van der Waals surface area contributed by atoms with Gasteiger partial charge in [0.15, 0.2) is 0 Å². The Balaban J connectivity index is 0.00000169. The molecular formula is C6H5AsI2NaO3S. The molecule has 8 heteroatoms. The second kappa shape index (κ2) is 6.78. The van der Waals surface area contributed by atoms with E-state index < -0.39 is 18.1 Å². The maximum atomic E-state index is 10.7. The second-order valence-corrected chi connectivity index (χ2v) is 25.3. The van der Waals surface area contributed by atoms with Crippen LogP contribution in [0.2, 0.25) is 0 Å². The van der Waals surface area contributed by atoms with E-state index in [4.69, 9.17) is 4.55 Å². The molecule has 1 aromatic carbocycles. The van der Waals surface area contributed by atoms with E-state index in [1.165, 1.54) is 16.5 Å². The average Bonchev–Trinajstić information content (AvgIpc) is 2.03. The summed E-state index contributed by atoms with van der Waals surface area (Å²) in [6, 6.07) is 6.37. The van der Waals surface area contributed by atoms with E-state index in [-0.39, 0.29) is 34.5 Å². The van der Waals surface area contributed by atoms with Crippen molar-refractivity contribution in [1.29, 1.82) is 0 Å². The molecule has 1 radical (unpaired) electrons. The minimum atomic E-state index is -4.03. The van der Waals surface area contributed by atoms with Crippen LogP contribution < -0.4 is 4.35 Å². The smallest absolute Gasteiger partial charge is 0 e. The van der Waals surface area contributed by atoms with E-state index in [9.17, 15) is 8.42 Å². The molecule has 0 saturated carbocycles. The Bertz CT molecular complexity index is 392. The van der Waals surface area contributed by atoms with Crippen LogP contribution in [0.4, 0.5) is 0 Å². The van der Waals surface area contributed by atoms with E-state index in [1.807, 2.05) is 0 Å². The van der Waals surface area contributed by atoms with Crippen LogP contribution in [-0.4, -0.2) is 50.5 Å². The van der Waals surface area contributed by atoms with Crippen LogP contribution in [0, 0.1) is 0 Å². The molecular weight excluding hydrogens is 504 g/mol. The fourth-order valence-electron chi connectivity index (χ4n) is 0.731. The first-order chi connectivity index (χ1) is 5.91. The minimum absolute atomic E-state index is 0. The van der Waals surface area contributed by atoms with Crippen molar-refractivity contribution in [3.8, 4) is 0 Å². The van der Waals surface area contributed by atoms with Gasteiger partial charge in [-0.05, 0) is 0 Å². The van der Waals surface area contributed by atoms with Crippen LogP contribution in [0.15, 0.2) is 29.2 Å². The van der Waals surface area contributed by atoms with E-state index >= 15 is 0 Å². The van der Waals surface area contributed by atoms with Gasteiger partial charge < -0.3 is 0 Å². The van der Waals surface area contributed by atoms with Gasteiger partial charge in [-0.15, -0.1) is 0 Å². The van der Waals surface area contributed by atoms with Gasteiger partial charge in [0.25, 0.3) is 0 Å². The molecule has 14 heavy (non-hydrogen) atoms. The molecule has 0 aliphatic heterocycles. The quantitative estimate of drug-likeness (QED) is 0.370. The largest absolute Gasteiger partial charge is 0 e. The van der Waals surface area contributed by atoms with Gasteiger partial charge in [0.1, 0.15) is 0 Å². The summed E-state index contributed by atoms with van der Waals surface area (Å²) in [5.74, 6) is 0. The van der Waals surface area contributed by atoms with E-state index in [1.54, 1.807) is 12.1 Å². The summed E-state index contributed by atoms with van der Waals surface area (Å²) >= 11 is 4.72. The second-order valence-electron chi connectivity index (χ2n) is 2.20.